The van der Waals surface area contributed by atoms with Crippen LogP contribution in [0, 0.1) is 0 Å². The Labute approximate surface area is 126 Å². The van der Waals surface area contributed by atoms with Crippen LogP contribution < -0.4 is 15.5 Å². The molecule has 2 fully saturated rings. The maximum absolute atomic E-state index is 12.2. The van der Waals surface area contributed by atoms with E-state index in [1.165, 1.54) is 31.4 Å². The van der Waals surface area contributed by atoms with E-state index in [2.05, 4.69) is 21.6 Å². The molecule has 0 bridgehead atoms. The zero-order chi connectivity index (χ0) is 14.5. The summed E-state index contributed by atoms with van der Waals surface area (Å²) in [5.41, 5.74) is 2.13. The molecule has 1 unspecified atom stereocenters. The van der Waals surface area contributed by atoms with Crippen molar-refractivity contribution in [2.75, 3.05) is 29.9 Å². The van der Waals surface area contributed by atoms with Crippen LogP contribution in [0.15, 0.2) is 24.3 Å². The lowest BCUT2D eigenvalue weighted by molar-refractivity contribution is -0.116. The summed E-state index contributed by atoms with van der Waals surface area (Å²) in [6.45, 7) is 3.29. The Kier molecular flexibility index (Phi) is 4.76. The number of amides is 1. The van der Waals surface area contributed by atoms with E-state index in [0.29, 0.717) is 12.5 Å². The highest BCUT2D eigenvalue weighted by molar-refractivity contribution is 5.94. The van der Waals surface area contributed by atoms with Crippen molar-refractivity contribution in [3.63, 3.8) is 0 Å². The Hall–Kier alpha value is -1.55. The quantitative estimate of drug-likeness (QED) is 0.875. The van der Waals surface area contributed by atoms with Crippen LogP contribution in [0.5, 0.6) is 0 Å². The molecule has 0 aromatic heterocycles. The zero-order valence-electron chi connectivity index (χ0n) is 12.6. The average molecular weight is 287 g/mol. The molecule has 2 aliphatic heterocycles. The number of carbonyl (C=O) groups is 1. The molecule has 4 heteroatoms. The van der Waals surface area contributed by atoms with Crippen molar-refractivity contribution in [2.45, 2.75) is 44.6 Å². The second kappa shape index (κ2) is 6.94. The fourth-order valence-electron chi connectivity index (χ4n) is 3.33. The van der Waals surface area contributed by atoms with Crippen molar-refractivity contribution in [1.82, 2.24) is 5.32 Å². The molecule has 0 saturated carbocycles. The van der Waals surface area contributed by atoms with Crippen molar-refractivity contribution in [1.29, 1.82) is 0 Å². The van der Waals surface area contributed by atoms with E-state index >= 15 is 0 Å². The molecule has 0 spiro atoms. The van der Waals surface area contributed by atoms with E-state index in [0.717, 1.165) is 31.7 Å². The number of benzene rings is 1. The van der Waals surface area contributed by atoms with E-state index in [4.69, 9.17) is 0 Å². The summed E-state index contributed by atoms with van der Waals surface area (Å²) in [7, 11) is 0. The van der Waals surface area contributed by atoms with Gasteiger partial charge in [0, 0.05) is 25.6 Å². The third-order valence-corrected chi connectivity index (χ3v) is 4.51. The average Bonchev–Trinajstić information content (AvgIpc) is 3.19. The first kappa shape index (κ1) is 14.4. The monoisotopic (exact) mass is 287 g/mol. The number of nitrogens with zero attached hydrogens (tertiary/aromatic N) is 1. The van der Waals surface area contributed by atoms with Crippen molar-refractivity contribution in [2.24, 2.45) is 0 Å². The summed E-state index contributed by atoms with van der Waals surface area (Å²) in [4.78, 5) is 14.5. The van der Waals surface area contributed by atoms with Gasteiger partial charge in [-0.3, -0.25) is 4.79 Å². The highest BCUT2D eigenvalue weighted by atomic mass is 16.1. The van der Waals surface area contributed by atoms with Crippen LogP contribution >= 0.6 is 0 Å². The number of para-hydroxylation sites is 2. The van der Waals surface area contributed by atoms with E-state index in [9.17, 15) is 4.79 Å². The maximum atomic E-state index is 12.2. The predicted octanol–water partition coefficient (Wildman–Crippen LogP) is 2.76. The minimum absolute atomic E-state index is 0.135. The van der Waals surface area contributed by atoms with Gasteiger partial charge in [-0.1, -0.05) is 12.1 Å². The Morgan fingerprint density at radius 1 is 1.24 bits per heavy atom. The summed E-state index contributed by atoms with van der Waals surface area (Å²) in [5.74, 6) is 0.135. The van der Waals surface area contributed by atoms with Gasteiger partial charge >= 0.3 is 0 Å². The molecule has 1 atom stereocenters. The lowest BCUT2D eigenvalue weighted by Gasteiger charge is -2.21. The fraction of sp³-hybridized carbons (Fsp3) is 0.588. The molecule has 2 heterocycles. The van der Waals surface area contributed by atoms with Gasteiger partial charge in [-0.15, -0.1) is 0 Å². The van der Waals surface area contributed by atoms with Gasteiger partial charge in [0.05, 0.1) is 11.4 Å². The van der Waals surface area contributed by atoms with Gasteiger partial charge in [-0.2, -0.15) is 0 Å². The first-order valence-electron chi connectivity index (χ1n) is 8.20. The van der Waals surface area contributed by atoms with Crippen LogP contribution in [0.2, 0.25) is 0 Å². The number of carbonyl (C=O) groups excluding carboxylic acids is 1. The normalized spacial score (nSPS) is 21.7. The first-order valence-corrected chi connectivity index (χ1v) is 8.20. The highest BCUT2D eigenvalue weighted by Gasteiger charge is 2.18. The van der Waals surface area contributed by atoms with Crippen LogP contribution in [-0.2, 0) is 4.79 Å². The number of rotatable bonds is 5. The van der Waals surface area contributed by atoms with Gasteiger partial charge in [0.1, 0.15) is 0 Å². The Morgan fingerprint density at radius 2 is 2.05 bits per heavy atom. The molecule has 0 radical (unpaired) electrons. The van der Waals surface area contributed by atoms with E-state index in [-0.39, 0.29) is 5.91 Å². The third kappa shape index (κ3) is 3.76. The SMILES string of the molecule is O=C(CCC1CCCN1)Nc1ccccc1N1CCCC1. The minimum atomic E-state index is 0.135. The summed E-state index contributed by atoms with van der Waals surface area (Å²) in [5, 5.41) is 6.55. The lowest BCUT2D eigenvalue weighted by Crippen LogP contribution is -2.24. The second-order valence-corrected chi connectivity index (χ2v) is 6.09. The van der Waals surface area contributed by atoms with Crippen molar-refractivity contribution < 1.29 is 4.79 Å². The Bertz CT molecular complexity index is 477. The molecular formula is C17H25N3O. The van der Waals surface area contributed by atoms with E-state index in [1.54, 1.807) is 0 Å². The first-order chi connectivity index (χ1) is 10.3. The standard InChI is InChI=1S/C17H25N3O/c21-17(10-9-14-6-5-11-18-14)19-15-7-1-2-8-16(15)20-12-3-4-13-20/h1-2,7-8,14,18H,3-6,9-13H2,(H,19,21). The van der Waals surface area contributed by atoms with Gasteiger partial charge in [0.15, 0.2) is 0 Å². The summed E-state index contributed by atoms with van der Waals surface area (Å²) in [6.07, 6.45) is 6.48. The summed E-state index contributed by atoms with van der Waals surface area (Å²) in [6, 6.07) is 8.70. The van der Waals surface area contributed by atoms with E-state index < -0.39 is 0 Å². The lowest BCUT2D eigenvalue weighted by atomic mass is 10.1. The minimum Gasteiger partial charge on any atom is -0.370 e. The van der Waals surface area contributed by atoms with E-state index in [1.807, 2.05) is 18.2 Å². The second-order valence-electron chi connectivity index (χ2n) is 6.09. The molecule has 1 aromatic rings. The van der Waals surface area contributed by atoms with Crippen molar-refractivity contribution >= 4 is 17.3 Å². The van der Waals surface area contributed by atoms with Crippen LogP contribution in [0.25, 0.3) is 0 Å². The number of hydrogen-bond acceptors (Lipinski definition) is 3. The Balaban J connectivity index is 1.57. The van der Waals surface area contributed by atoms with Crippen LogP contribution in [0.4, 0.5) is 11.4 Å². The number of nitrogens with one attached hydrogen (secondary N) is 2. The molecule has 1 amide bonds. The smallest absolute Gasteiger partial charge is 0.224 e. The maximum Gasteiger partial charge on any atom is 0.224 e. The molecule has 3 rings (SSSR count). The zero-order valence-corrected chi connectivity index (χ0v) is 12.6. The molecule has 2 N–H and O–H groups in total. The molecule has 1 aromatic carbocycles. The summed E-state index contributed by atoms with van der Waals surface area (Å²) < 4.78 is 0. The van der Waals surface area contributed by atoms with Crippen LogP contribution in [-0.4, -0.2) is 31.6 Å². The Morgan fingerprint density at radius 3 is 2.81 bits per heavy atom. The predicted molar refractivity (Wildman–Crippen MR) is 86.8 cm³/mol. The molecule has 2 aliphatic rings. The molecular weight excluding hydrogens is 262 g/mol. The van der Waals surface area contributed by atoms with Gasteiger partial charge in [-0.25, -0.2) is 0 Å². The van der Waals surface area contributed by atoms with Crippen molar-refractivity contribution in [3.8, 4) is 0 Å². The van der Waals surface area contributed by atoms with Crippen LogP contribution in [0.3, 0.4) is 0 Å². The van der Waals surface area contributed by atoms with Gasteiger partial charge < -0.3 is 15.5 Å². The molecule has 4 nitrogen and oxygen atoms in total. The molecule has 21 heavy (non-hydrogen) atoms. The summed E-state index contributed by atoms with van der Waals surface area (Å²) >= 11 is 0. The third-order valence-electron chi connectivity index (χ3n) is 4.51. The largest absolute Gasteiger partial charge is 0.370 e. The number of anilines is 2. The topological polar surface area (TPSA) is 44.4 Å². The van der Waals surface area contributed by atoms with Gasteiger partial charge in [0.2, 0.25) is 5.91 Å². The molecule has 114 valence electrons. The fourth-order valence-corrected chi connectivity index (χ4v) is 3.33. The van der Waals surface area contributed by atoms with Gasteiger partial charge in [-0.05, 0) is 50.8 Å². The molecule has 0 aliphatic carbocycles. The molecule has 2 saturated heterocycles. The van der Waals surface area contributed by atoms with Crippen molar-refractivity contribution in [3.05, 3.63) is 24.3 Å². The highest BCUT2D eigenvalue weighted by Crippen LogP contribution is 2.28. The van der Waals surface area contributed by atoms with Crippen LogP contribution in [0.1, 0.15) is 38.5 Å². The van der Waals surface area contributed by atoms with Gasteiger partial charge in [0.25, 0.3) is 0 Å². The number of hydrogen-bond donors (Lipinski definition) is 2.